The molecule has 118 valence electrons. The Balaban J connectivity index is 1.73. The third-order valence-corrected chi connectivity index (χ3v) is 4.78. The van der Waals surface area contributed by atoms with E-state index in [1.165, 1.54) is 16.3 Å². The Labute approximate surface area is 139 Å². The maximum absolute atomic E-state index is 12.2. The first-order valence-corrected chi connectivity index (χ1v) is 8.00. The summed E-state index contributed by atoms with van der Waals surface area (Å²) in [4.78, 5) is 12.2. The summed E-state index contributed by atoms with van der Waals surface area (Å²) < 4.78 is 10.9. The lowest BCUT2D eigenvalue weighted by Gasteiger charge is -2.27. The standard InChI is InChI=1S/C20H15NO3/c22-19-10-15(13-6-8-17-18(9-13)24-11-23-17)20-14-4-2-1-3-12(14)5-7-16(20)21-19/h1-9,15H,10-11H2,(H,21,22)/t15-/m0/s1. The maximum atomic E-state index is 12.2. The van der Waals surface area contributed by atoms with Crippen LogP contribution in [-0.2, 0) is 4.79 Å². The van der Waals surface area contributed by atoms with Gasteiger partial charge in [-0.05, 0) is 40.1 Å². The van der Waals surface area contributed by atoms with Gasteiger partial charge in [-0.2, -0.15) is 0 Å². The molecule has 24 heavy (non-hydrogen) atoms. The molecule has 0 fully saturated rings. The number of carbonyl (C=O) groups excluding carboxylic acids is 1. The average Bonchev–Trinajstić information content (AvgIpc) is 3.08. The van der Waals surface area contributed by atoms with Crippen LogP contribution in [0.1, 0.15) is 23.5 Å². The second kappa shape index (κ2) is 4.99. The van der Waals surface area contributed by atoms with Crippen molar-refractivity contribution >= 4 is 22.4 Å². The van der Waals surface area contributed by atoms with E-state index in [1.807, 2.05) is 36.4 Å². The Morgan fingerprint density at radius 2 is 1.83 bits per heavy atom. The van der Waals surface area contributed by atoms with Crippen molar-refractivity contribution in [2.45, 2.75) is 12.3 Å². The molecule has 1 atom stereocenters. The summed E-state index contributed by atoms with van der Waals surface area (Å²) in [5, 5.41) is 5.37. The molecule has 0 saturated heterocycles. The van der Waals surface area contributed by atoms with E-state index in [2.05, 4.69) is 23.5 Å². The summed E-state index contributed by atoms with van der Waals surface area (Å²) in [7, 11) is 0. The molecular formula is C20H15NO3. The zero-order valence-electron chi connectivity index (χ0n) is 12.9. The third kappa shape index (κ3) is 1.96. The van der Waals surface area contributed by atoms with Crippen molar-refractivity contribution < 1.29 is 14.3 Å². The van der Waals surface area contributed by atoms with Crippen LogP contribution >= 0.6 is 0 Å². The van der Waals surface area contributed by atoms with Crippen LogP contribution in [0, 0.1) is 0 Å². The molecule has 2 aliphatic rings. The van der Waals surface area contributed by atoms with Crippen LogP contribution in [-0.4, -0.2) is 12.7 Å². The van der Waals surface area contributed by atoms with Crippen molar-refractivity contribution in [1.29, 1.82) is 0 Å². The van der Waals surface area contributed by atoms with Crippen LogP contribution < -0.4 is 14.8 Å². The smallest absolute Gasteiger partial charge is 0.231 e. The van der Waals surface area contributed by atoms with Gasteiger partial charge < -0.3 is 14.8 Å². The van der Waals surface area contributed by atoms with Gasteiger partial charge in [0.05, 0.1) is 0 Å². The van der Waals surface area contributed by atoms with E-state index in [-0.39, 0.29) is 18.6 Å². The highest BCUT2D eigenvalue weighted by Gasteiger charge is 2.29. The van der Waals surface area contributed by atoms with E-state index in [9.17, 15) is 4.79 Å². The van der Waals surface area contributed by atoms with Gasteiger partial charge in [-0.1, -0.05) is 36.4 Å². The fraction of sp³-hybridized carbons (Fsp3) is 0.150. The SMILES string of the molecule is O=C1C[C@@H](c2ccc3c(c2)OCO3)c2c(ccc3ccccc23)N1. The van der Waals surface area contributed by atoms with Crippen LogP contribution in [0.3, 0.4) is 0 Å². The highest BCUT2D eigenvalue weighted by molar-refractivity contribution is 6.01. The Morgan fingerprint density at radius 1 is 0.958 bits per heavy atom. The lowest BCUT2D eigenvalue weighted by atomic mass is 9.82. The number of amides is 1. The Morgan fingerprint density at radius 3 is 2.79 bits per heavy atom. The minimum absolute atomic E-state index is 0.00866. The normalized spacial score (nSPS) is 18.3. The van der Waals surface area contributed by atoms with E-state index < -0.39 is 0 Å². The molecule has 3 aromatic rings. The van der Waals surface area contributed by atoms with Crippen molar-refractivity contribution in [2.24, 2.45) is 0 Å². The average molecular weight is 317 g/mol. The summed E-state index contributed by atoms with van der Waals surface area (Å²) in [5.74, 6) is 1.56. The van der Waals surface area contributed by atoms with Crippen molar-refractivity contribution in [1.82, 2.24) is 0 Å². The van der Waals surface area contributed by atoms with Crippen molar-refractivity contribution in [2.75, 3.05) is 12.1 Å². The molecular weight excluding hydrogens is 302 g/mol. The minimum Gasteiger partial charge on any atom is -0.454 e. The van der Waals surface area contributed by atoms with Gasteiger partial charge in [-0.3, -0.25) is 4.79 Å². The van der Waals surface area contributed by atoms with Gasteiger partial charge in [0.15, 0.2) is 11.5 Å². The monoisotopic (exact) mass is 317 g/mol. The Kier molecular flexibility index (Phi) is 2.80. The van der Waals surface area contributed by atoms with Crippen LogP contribution in [0.15, 0.2) is 54.6 Å². The molecule has 1 amide bonds. The summed E-state index contributed by atoms with van der Waals surface area (Å²) in [6.07, 6.45) is 0.431. The molecule has 0 aromatic heterocycles. The number of anilines is 1. The summed E-state index contributed by atoms with van der Waals surface area (Å²) >= 11 is 0. The second-order valence-electron chi connectivity index (χ2n) is 6.17. The van der Waals surface area contributed by atoms with Gasteiger partial charge in [0, 0.05) is 18.0 Å². The molecule has 5 rings (SSSR count). The maximum Gasteiger partial charge on any atom is 0.231 e. The van der Waals surface area contributed by atoms with Gasteiger partial charge in [-0.25, -0.2) is 0 Å². The topological polar surface area (TPSA) is 47.6 Å². The molecule has 1 N–H and O–H groups in total. The predicted molar refractivity (Wildman–Crippen MR) is 91.6 cm³/mol. The zero-order valence-corrected chi connectivity index (χ0v) is 12.9. The first-order valence-electron chi connectivity index (χ1n) is 8.00. The van der Waals surface area contributed by atoms with Crippen molar-refractivity contribution in [3.05, 3.63) is 65.7 Å². The van der Waals surface area contributed by atoms with Crippen molar-refractivity contribution in [3.63, 3.8) is 0 Å². The van der Waals surface area contributed by atoms with Crippen LogP contribution in [0.4, 0.5) is 5.69 Å². The van der Waals surface area contributed by atoms with E-state index in [0.29, 0.717) is 6.42 Å². The van der Waals surface area contributed by atoms with Gasteiger partial charge in [0.25, 0.3) is 0 Å². The molecule has 0 bridgehead atoms. The lowest BCUT2D eigenvalue weighted by Crippen LogP contribution is -2.23. The first-order chi connectivity index (χ1) is 11.8. The molecule has 0 spiro atoms. The van der Waals surface area contributed by atoms with Gasteiger partial charge in [-0.15, -0.1) is 0 Å². The molecule has 4 heteroatoms. The highest BCUT2D eigenvalue weighted by Crippen LogP contribution is 2.44. The zero-order chi connectivity index (χ0) is 16.1. The van der Waals surface area contributed by atoms with Gasteiger partial charge in [0.2, 0.25) is 12.7 Å². The number of nitrogens with one attached hydrogen (secondary N) is 1. The number of ether oxygens (including phenoxy) is 2. The molecule has 3 aromatic carbocycles. The molecule has 2 heterocycles. The molecule has 0 unspecified atom stereocenters. The molecule has 2 aliphatic heterocycles. The molecule has 0 aliphatic carbocycles. The fourth-order valence-corrected chi connectivity index (χ4v) is 3.68. The minimum atomic E-state index is 0.00866. The quantitative estimate of drug-likeness (QED) is 0.737. The van der Waals surface area contributed by atoms with Crippen molar-refractivity contribution in [3.8, 4) is 11.5 Å². The van der Waals surface area contributed by atoms with Crippen LogP contribution in [0.25, 0.3) is 10.8 Å². The summed E-state index contributed by atoms with van der Waals surface area (Å²) in [6, 6.07) is 18.3. The van der Waals surface area contributed by atoms with Gasteiger partial charge >= 0.3 is 0 Å². The molecule has 0 radical (unpaired) electrons. The number of rotatable bonds is 1. The first kappa shape index (κ1) is 13.4. The summed E-state index contributed by atoms with van der Waals surface area (Å²) in [6.45, 7) is 0.253. The number of hydrogen-bond donors (Lipinski definition) is 1. The lowest BCUT2D eigenvalue weighted by molar-refractivity contribution is -0.116. The second-order valence-corrected chi connectivity index (χ2v) is 6.17. The number of hydrogen-bond acceptors (Lipinski definition) is 3. The van der Waals surface area contributed by atoms with E-state index in [0.717, 1.165) is 22.7 Å². The highest BCUT2D eigenvalue weighted by atomic mass is 16.7. The largest absolute Gasteiger partial charge is 0.454 e. The fourth-order valence-electron chi connectivity index (χ4n) is 3.68. The summed E-state index contributed by atoms with van der Waals surface area (Å²) in [5.41, 5.74) is 3.14. The number of carbonyl (C=O) groups is 1. The van der Waals surface area contributed by atoms with E-state index in [4.69, 9.17) is 9.47 Å². The number of benzene rings is 3. The van der Waals surface area contributed by atoms with Crippen LogP contribution in [0.5, 0.6) is 11.5 Å². The van der Waals surface area contributed by atoms with E-state index in [1.54, 1.807) is 0 Å². The van der Waals surface area contributed by atoms with E-state index >= 15 is 0 Å². The Hall–Kier alpha value is -3.01. The van der Waals surface area contributed by atoms with Crippen LogP contribution in [0.2, 0.25) is 0 Å². The predicted octanol–water partition coefficient (Wildman–Crippen LogP) is 4.04. The molecule has 0 saturated carbocycles. The van der Waals surface area contributed by atoms with Gasteiger partial charge in [0.1, 0.15) is 0 Å². The third-order valence-electron chi connectivity index (χ3n) is 4.78. The Bertz CT molecular complexity index is 980. The molecule has 4 nitrogen and oxygen atoms in total. The number of fused-ring (bicyclic) bond motifs is 4.